The molecule has 1 N–H and O–H groups in total. The third kappa shape index (κ3) is 3.47. The van der Waals surface area contributed by atoms with E-state index in [-0.39, 0.29) is 11.4 Å². The molecule has 0 radical (unpaired) electrons. The molecule has 96 valence electrons. The van der Waals surface area contributed by atoms with Gasteiger partial charge >= 0.3 is 0 Å². The Hall–Kier alpha value is -1.05. The molecule has 1 aromatic carbocycles. The highest BCUT2D eigenvalue weighted by Gasteiger charge is 2.13. The molecule has 4 heteroatoms. The Kier molecular flexibility index (Phi) is 5.03. The van der Waals surface area contributed by atoms with Crippen LogP contribution in [-0.2, 0) is 6.54 Å². The number of nitriles is 1. The zero-order chi connectivity index (χ0) is 12.8. The molecule has 2 rings (SSSR count). The van der Waals surface area contributed by atoms with Gasteiger partial charge in [-0.3, -0.25) is 0 Å². The van der Waals surface area contributed by atoms with Crippen molar-refractivity contribution in [1.29, 1.82) is 5.26 Å². The summed E-state index contributed by atoms with van der Waals surface area (Å²) >= 11 is 2.01. The van der Waals surface area contributed by atoms with Gasteiger partial charge < -0.3 is 5.32 Å². The SMILES string of the molecule is N#Cc1cccc(CNCC2CCSCC2)c1F. The largest absolute Gasteiger partial charge is 0.312 e. The fourth-order valence-electron chi connectivity index (χ4n) is 2.16. The Balaban J connectivity index is 1.84. The second kappa shape index (κ2) is 6.77. The Morgan fingerprint density at radius 1 is 1.39 bits per heavy atom. The Morgan fingerprint density at radius 2 is 2.17 bits per heavy atom. The van der Waals surface area contributed by atoms with Gasteiger partial charge in [-0.2, -0.15) is 17.0 Å². The summed E-state index contributed by atoms with van der Waals surface area (Å²) in [5.74, 6) is 2.81. The molecule has 1 aliphatic heterocycles. The maximum Gasteiger partial charge on any atom is 0.145 e. The zero-order valence-electron chi connectivity index (χ0n) is 10.3. The lowest BCUT2D eigenvalue weighted by Gasteiger charge is -2.21. The van der Waals surface area contributed by atoms with Crippen molar-refractivity contribution >= 4 is 11.8 Å². The third-order valence-electron chi connectivity index (χ3n) is 3.29. The zero-order valence-corrected chi connectivity index (χ0v) is 11.1. The number of nitrogens with one attached hydrogen (secondary N) is 1. The van der Waals surface area contributed by atoms with Crippen molar-refractivity contribution in [3.63, 3.8) is 0 Å². The number of rotatable bonds is 4. The molecule has 0 saturated carbocycles. The van der Waals surface area contributed by atoms with E-state index in [0.29, 0.717) is 18.0 Å². The predicted molar refractivity (Wildman–Crippen MR) is 72.9 cm³/mol. The van der Waals surface area contributed by atoms with Gasteiger partial charge in [-0.1, -0.05) is 12.1 Å². The summed E-state index contributed by atoms with van der Waals surface area (Å²) < 4.78 is 13.8. The second-order valence-corrected chi connectivity index (χ2v) is 5.80. The maximum atomic E-state index is 13.8. The van der Waals surface area contributed by atoms with Crippen LogP contribution in [-0.4, -0.2) is 18.1 Å². The molecular formula is C14H17FN2S. The van der Waals surface area contributed by atoms with E-state index in [1.807, 2.05) is 17.8 Å². The Bertz CT molecular complexity index is 436. The average Bonchev–Trinajstić information content (AvgIpc) is 2.42. The van der Waals surface area contributed by atoms with E-state index >= 15 is 0 Å². The first kappa shape index (κ1) is 13.4. The monoisotopic (exact) mass is 264 g/mol. The predicted octanol–water partition coefficient (Wildman–Crippen LogP) is 2.93. The summed E-state index contributed by atoms with van der Waals surface area (Å²) in [5.41, 5.74) is 0.711. The molecule has 1 saturated heterocycles. The molecule has 0 unspecified atom stereocenters. The maximum absolute atomic E-state index is 13.8. The summed E-state index contributed by atoms with van der Waals surface area (Å²) in [5, 5.41) is 12.1. The molecule has 2 nitrogen and oxygen atoms in total. The van der Waals surface area contributed by atoms with Gasteiger partial charge in [0.1, 0.15) is 11.9 Å². The second-order valence-electron chi connectivity index (χ2n) is 4.58. The quantitative estimate of drug-likeness (QED) is 0.908. The lowest BCUT2D eigenvalue weighted by atomic mass is 10.0. The van der Waals surface area contributed by atoms with Crippen LogP contribution >= 0.6 is 11.8 Å². The summed E-state index contributed by atoms with van der Waals surface area (Å²) in [6.07, 6.45) is 2.50. The minimum absolute atomic E-state index is 0.128. The molecule has 0 spiro atoms. The van der Waals surface area contributed by atoms with Gasteiger partial charge in [-0.05, 0) is 42.9 Å². The van der Waals surface area contributed by atoms with Crippen molar-refractivity contribution < 1.29 is 4.39 Å². The molecule has 1 fully saturated rings. The van der Waals surface area contributed by atoms with E-state index in [2.05, 4.69) is 5.32 Å². The van der Waals surface area contributed by atoms with Gasteiger partial charge in [0.15, 0.2) is 0 Å². The van der Waals surface area contributed by atoms with Crippen molar-refractivity contribution in [2.75, 3.05) is 18.1 Å². The fraction of sp³-hybridized carbons (Fsp3) is 0.500. The molecule has 1 heterocycles. The lowest BCUT2D eigenvalue weighted by molar-refractivity contribution is 0.444. The molecular weight excluding hydrogens is 247 g/mol. The molecule has 0 aliphatic carbocycles. The number of hydrogen-bond donors (Lipinski definition) is 1. The highest BCUT2D eigenvalue weighted by Crippen LogP contribution is 2.22. The number of halogens is 1. The smallest absolute Gasteiger partial charge is 0.145 e. The summed E-state index contributed by atoms with van der Waals surface area (Å²) in [7, 11) is 0. The van der Waals surface area contributed by atoms with Crippen LogP contribution in [0, 0.1) is 23.1 Å². The normalized spacial score (nSPS) is 16.4. The van der Waals surface area contributed by atoms with Crippen LogP contribution in [0.3, 0.4) is 0 Å². The van der Waals surface area contributed by atoms with Crippen molar-refractivity contribution in [3.8, 4) is 6.07 Å². The molecule has 0 amide bonds. The van der Waals surface area contributed by atoms with Gasteiger partial charge in [0.25, 0.3) is 0 Å². The summed E-state index contributed by atoms with van der Waals surface area (Å²) in [6, 6.07) is 6.85. The Labute approximate surface area is 112 Å². The minimum Gasteiger partial charge on any atom is -0.312 e. The molecule has 1 aromatic rings. The first-order chi connectivity index (χ1) is 8.81. The van der Waals surface area contributed by atoms with Crippen LogP contribution in [0.1, 0.15) is 24.0 Å². The van der Waals surface area contributed by atoms with Gasteiger partial charge in [-0.25, -0.2) is 4.39 Å². The highest BCUT2D eigenvalue weighted by molar-refractivity contribution is 7.99. The van der Waals surface area contributed by atoms with Crippen LogP contribution in [0.5, 0.6) is 0 Å². The van der Waals surface area contributed by atoms with E-state index in [1.54, 1.807) is 12.1 Å². The summed E-state index contributed by atoms with van der Waals surface area (Å²) in [4.78, 5) is 0. The van der Waals surface area contributed by atoms with Crippen LogP contribution in [0.4, 0.5) is 4.39 Å². The number of thioether (sulfide) groups is 1. The highest BCUT2D eigenvalue weighted by atomic mass is 32.2. The molecule has 18 heavy (non-hydrogen) atoms. The van der Waals surface area contributed by atoms with E-state index < -0.39 is 0 Å². The molecule has 0 atom stereocenters. The Morgan fingerprint density at radius 3 is 2.89 bits per heavy atom. The van der Waals surface area contributed by atoms with Gasteiger partial charge in [0, 0.05) is 12.1 Å². The minimum atomic E-state index is -0.383. The first-order valence-electron chi connectivity index (χ1n) is 6.27. The van der Waals surface area contributed by atoms with Gasteiger partial charge in [0.05, 0.1) is 5.56 Å². The average molecular weight is 264 g/mol. The number of nitrogens with zero attached hydrogens (tertiary/aromatic N) is 1. The van der Waals surface area contributed by atoms with E-state index in [4.69, 9.17) is 5.26 Å². The van der Waals surface area contributed by atoms with E-state index in [9.17, 15) is 4.39 Å². The number of hydrogen-bond acceptors (Lipinski definition) is 3. The van der Waals surface area contributed by atoms with E-state index in [0.717, 1.165) is 6.54 Å². The fourth-order valence-corrected chi connectivity index (χ4v) is 3.37. The van der Waals surface area contributed by atoms with E-state index in [1.165, 1.54) is 30.4 Å². The van der Waals surface area contributed by atoms with Crippen LogP contribution in [0.2, 0.25) is 0 Å². The van der Waals surface area contributed by atoms with Crippen molar-refractivity contribution in [2.45, 2.75) is 19.4 Å². The lowest BCUT2D eigenvalue weighted by Crippen LogP contribution is -2.25. The third-order valence-corrected chi connectivity index (χ3v) is 4.34. The number of benzene rings is 1. The van der Waals surface area contributed by atoms with Crippen LogP contribution < -0.4 is 5.32 Å². The standard InChI is InChI=1S/C14H17FN2S/c15-14-12(8-16)2-1-3-13(14)10-17-9-11-4-6-18-7-5-11/h1-3,11,17H,4-7,9-10H2. The molecule has 0 aromatic heterocycles. The first-order valence-corrected chi connectivity index (χ1v) is 7.42. The molecule has 0 bridgehead atoms. The van der Waals surface area contributed by atoms with Crippen LogP contribution in [0.25, 0.3) is 0 Å². The van der Waals surface area contributed by atoms with Crippen LogP contribution in [0.15, 0.2) is 18.2 Å². The summed E-state index contributed by atoms with van der Waals surface area (Å²) in [6.45, 7) is 1.45. The molecule has 1 aliphatic rings. The van der Waals surface area contributed by atoms with Crippen molar-refractivity contribution in [1.82, 2.24) is 5.32 Å². The van der Waals surface area contributed by atoms with Gasteiger partial charge in [0.2, 0.25) is 0 Å². The topological polar surface area (TPSA) is 35.8 Å². The van der Waals surface area contributed by atoms with Crippen molar-refractivity contribution in [3.05, 3.63) is 35.1 Å². The van der Waals surface area contributed by atoms with Gasteiger partial charge in [-0.15, -0.1) is 0 Å². The van der Waals surface area contributed by atoms with Crippen molar-refractivity contribution in [2.24, 2.45) is 5.92 Å².